The lowest BCUT2D eigenvalue weighted by molar-refractivity contribution is 0.124. The number of halogens is 2. The first-order valence-corrected chi connectivity index (χ1v) is 7.61. The maximum Gasteiger partial charge on any atom is 0.126 e. The molecule has 2 saturated carbocycles. The molecule has 1 nitrogen and oxygen atoms in total. The van der Waals surface area contributed by atoms with E-state index < -0.39 is 6.10 Å². The summed E-state index contributed by atoms with van der Waals surface area (Å²) < 4.78 is 13.6. The molecule has 0 spiro atoms. The summed E-state index contributed by atoms with van der Waals surface area (Å²) in [4.78, 5) is 0. The highest BCUT2D eigenvalue weighted by atomic mass is 35.5. The van der Waals surface area contributed by atoms with E-state index in [0.717, 1.165) is 18.3 Å². The van der Waals surface area contributed by atoms with Crippen molar-refractivity contribution < 1.29 is 9.50 Å². The molecule has 0 aliphatic heterocycles. The molecule has 0 aromatic heterocycles. The summed E-state index contributed by atoms with van der Waals surface area (Å²) in [7, 11) is 0. The summed E-state index contributed by atoms with van der Waals surface area (Å²) in [5.74, 6) is 2.08. The molecule has 1 aromatic carbocycles. The molecule has 1 aromatic rings. The van der Waals surface area contributed by atoms with E-state index in [1.807, 2.05) is 0 Å². The zero-order chi connectivity index (χ0) is 13.4. The molecule has 4 unspecified atom stereocenters. The third kappa shape index (κ3) is 2.95. The second-order valence-electron chi connectivity index (χ2n) is 6.26. The Labute approximate surface area is 118 Å². The van der Waals surface area contributed by atoms with Crippen molar-refractivity contribution in [1.29, 1.82) is 0 Å². The summed E-state index contributed by atoms with van der Waals surface area (Å²) in [6.45, 7) is 0. The molecule has 0 radical (unpaired) electrons. The van der Waals surface area contributed by atoms with E-state index in [9.17, 15) is 9.50 Å². The number of fused-ring (bicyclic) bond motifs is 2. The van der Waals surface area contributed by atoms with Gasteiger partial charge in [-0.2, -0.15) is 0 Å². The van der Waals surface area contributed by atoms with E-state index in [-0.39, 0.29) is 5.82 Å². The summed E-state index contributed by atoms with van der Waals surface area (Å²) >= 11 is 5.87. The lowest BCUT2D eigenvalue weighted by Crippen LogP contribution is -2.20. The Hall–Kier alpha value is -0.600. The fourth-order valence-electron chi connectivity index (χ4n) is 4.05. The van der Waals surface area contributed by atoms with Crippen LogP contribution in [0.4, 0.5) is 4.39 Å². The van der Waals surface area contributed by atoms with Crippen molar-refractivity contribution in [2.24, 2.45) is 17.8 Å². The van der Waals surface area contributed by atoms with Gasteiger partial charge in [-0.15, -0.1) is 0 Å². The normalized spacial score (nSPS) is 30.8. The van der Waals surface area contributed by atoms with Gasteiger partial charge in [-0.25, -0.2) is 4.39 Å². The SMILES string of the molecule is OC(Cc1cc(Cl)ccc1F)CC1CC2CCC1C2. The van der Waals surface area contributed by atoms with Gasteiger partial charge in [-0.1, -0.05) is 18.0 Å². The van der Waals surface area contributed by atoms with Crippen LogP contribution < -0.4 is 0 Å². The largest absolute Gasteiger partial charge is 0.393 e. The predicted molar refractivity (Wildman–Crippen MR) is 74.7 cm³/mol. The number of aliphatic hydroxyl groups is 1. The van der Waals surface area contributed by atoms with Crippen LogP contribution in [0.5, 0.6) is 0 Å². The lowest BCUT2D eigenvalue weighted by Gasteiger charge is -2.24. The Balaban J connectivity index is 1.59. The zero-order valence-electron chi connectivity index (χ0n) is 11.0. The molecule has 3 heteroatoms. The number of hydrogen-bond donors (Lipinski definition) is 1. The Kier molecular flexibility index (Phi) is 3.81. The molecule has 2 fully saturated rings. The van der Waals surface area contributed by atoms with E-state index >= 15 is 0 Å². The van der Waals surface area contributed by atoms with Crippen molar-refractivity contribution in [2.75, 3.05) is 0 Å². The first-order chi connectivity index (χ1) is 9.11. The minimum atomic E-state index is -0.447. The van der Waals surface area contributed by atoms with Crippen molar-refractivity contribution in [2.45, 2.75) is 44.6 Å². The van der Waals surface area contributed by atoms with Gasteiger partial charge in [0.25, 0.3) is 0 Å². The van der Waals surface area contributed by atoms with Gasteiger partial charge in [0.05, 0.1) is 6.10 Å². The fraction of sp³-hybridized carbons (Fsp3) is 0.625. The zero-order valence-corrected chi connectivity index (χ0v) is 11.7. The number of aliphatic hydroxyl groups excluding tert-OH is 1. The average molecular weight is 283 g/mol. The topological polar surface area (TPSA) is 20.2 Å². The molecule has 0 amide bonds. The lowest BCUT2D eigenvalue weighted by atomic mass is 9.84. The number of rotatable bonds is 4. The molecule has 2 aliphatic carbocycles. The second kappa shape index (κ2) is 5.41. The fourth-order valence-corrected chi connectivity index (χ4v) is 4.25. The Bertz CT molecular complexity index is 462. The van der Waals surface area contributed by atoms with Crippen LogP contribution in [-0.4, -0.2) is 11.2 Å². The minimum absolute atomic E-state index is 0.267. The number of hydrogen-bond acceptors (Lipinski definition) is 1. The molecule has 2 aliphatic rings. The van der Waals surface area contributed by atoms with Crippen molar-refractivity contribution in [3.63, 3.8) is 0 Å². The predicted octanol–water partition coefficient (Wildman–Crippen LogP) is 4.21. The van der Waals surface area contributed by atoms with E-state index in [1.165, 1.54) is 31.7 Å². The molecular formula is C16H20ClFO. The highest BCUT2D eigenvalue weighted by Crippen LogP contribution is 2.50. The summed E-state index contributed by atoms with van der Waals surface area (Å²) in [5, 5.41) is 10.7. The standard InChI is InChI=1S/C16H20ClFO/c17-14-3-4-16(18)13(7-14)9-15(19)8-12-6-10-1-2-11(12)5-10/h3-4,7,10-12,15,19H,1-2,5-6,8-9H2. The van der Waals surface area contributed by atoms with Crippen LogP contribution in [-0.2, 0) is 6.42 Å². The van der Waals surface area contributed by atoms with Crippen molar-refractivity contribution in [1.82, 2.24) is 0 Å². The minimum Gasteiger partial charge on any atom is -0.393 e. The molecule has 1 N–H and O–H groups in total. The van der Waals surface area contributed by atoms with Crippen LogP contribution >= 0.6 is 11.6 Å². The van der Waals surface area contributed by atoms with Crippen LogP contribution in [0.15, 0.2) is 18.2 Å². The first-order valence-electron chi connectivity index (χ1n) is 7.24. The Morgan fingerprint density at radius 1 is 1.32 bits per heavy atom. The molecular weight excluding hydrogens is 263 g/mol. The first kappa shape index (κ1) is 13.4. The molecule has 0 saturated heterocycles. The van der Waals surface area contributed by atoms with E-state index in [2.05, 4.69) is 0 Å². The highest BCUT2D eigenvalue weighted by Gasteiger charge is 2.39. The van der Waals surface area contributed by atoms with Gasteiger partial charge < -0.3 is 5.11 Å². The van der Waals surface area contributed by atoms with Crippen LogP contribution in [0.2, 0.25) is 5.02 Å². The molecule has 2 bridgehead atoms. The Morgan fingerprint density at radius 3 is 2.84 bits per heavy atom. The maximum atomic E-state index is 13.6. The van der Waals surface area contributed by atoms with E-state index in [0.29, 0.717) is 22.9 Å². The van der Waals surface area contributed by atoms with Gasteiger partial charge in [-0.3, -0.25) is 0 Å². The van der Waals surface area contributed by atoms with E-state index in [1.54, 1.807) is 12.1 Å². The maximum absolute atomic E-state index is 13.6. The summed E-state index contributed by atoms with van der Waals surface area (Å²) in [6, 6.07) is 4.55. The van der Waals surface area contributed by atoms with Crippen LogP contribution in [0.25, 0.3) is 0 Å². The van der Waals surface area contributed by atoms with Crippen molar-refractivity contribution in [3.8, 4) is 0 Å². The molecule has 104 valence electrons. The van der Waals surface area contributed by atoms with Gasteiger partial charge in [-0.05, 0) is 67.2 Å². The van der Waals surface area contributed by atoms with E-state index in [4.69, 9.17) is 11.6 Å². The number of benzene rings is 1. The monoisotopic (exact) mass is 282 g/mol. The van der Waals surface area contributed by atoms with Crippen LogP contribution in [0.1, 0.15) is 37.7 Å². The summed E-state index contributed by atoms with van der Waals surface area (Å²) in [6.07, 6.45) is 6.06. The van der Waals surface area contributed by atoms with Crippen LogP contribution in [0.3, 0.4) is 0 Å². The molecule has 4 atom stereocenters. The third-order valence-corrected chi connectivity index (χ3v) is 5.16. The van der Waals surface area contributed by atoms with Gasteiger partial charge in [0.2, 0.25) is 0 Å². The molecule has 19 heavy (non-hydrogen) atoms. The molecule has 3 rings (SSSR count). The van der Waals surface area contributed by atoms with Gasteiger partial charge in [0.15, 0.2) is 0 Å². The third-order valence-electron chi connectivity index (χ3n) is 4.92. The molecule has 0 heterocycles. The quantitative estimate of drug-likeness (QED) is 0.877. The van der Waals surface area contributed by atoms with Crippen molar-refractivity contribution in [3.05, 3.63) is 34.6 Å². The van der Waals surface area contributed by atoms with Gasteiger partial charge in [0.1, 0.15) is 5.82 Å². The Morgan fingerprint density at radius 2 is 2.16 bits per heavy atom. The highest BCUT2D eigenvalue weighted by molar-refractivity contribution is 6.30. The average Bonchev–Trinajstić information content (AvgIpc) is 2.96. The van der Waals surface area contributed by atoms with Gasteiger partial charge >= 0.3 is 0 Å². The smallest absolute Gasteiger partial charge is 0.126 e. The van der Waals surface area contributed by atoms with Gasteiger partial charge in [0, 0.05) is 11.4 Å². The second-order valence-corrected chi connectivity index (χ2v) is 6.70. The van der Waals surface area contributed by atoms with Crippen LogP contribution in [0, 0.1) is 23.6 Å². The summed E-state index contributed by atoms with van der Waals surface area (Å²) in [5.41, 5.74) is 0.531. The van der Waals surface area contributed by atoms with Crippen molar-refractivity contribution >= 4 is 11.6 Å².